The molecule has 0 fully saturated rings. The first-order chi connectivity index (χ1) is 15.7. The lowest BCUT2D eigenvalue weighted by molar-refractivity contribution is 0.0407. The van der Waals surface area contributed by atoms with Crippen molar-refractivity contribution in [1.82, 2.24) is 15.2 Å². The van der Waals surface area contributed by atoms with Gasteiger partial charge in [-0.1, -0.05) is 36.4 Å². The summed E-state index contributed by atoms with van der Waals surface area (Å²) in [4.78, 5) is 8.76. The predicted molar refractivity (Wildman–Crippen MR) is 130 cm³/mol. The third-order valence-corrected chi connectivity index (χ3v) is 5.10. The van der Waals surface area contributed by atoms with Gasteiger partial charge in [0.05, 0.1) is 20.4 Å². The van der Waals surface area contributed by atoms with Gasteiger partial charge in [-0.2, -0.15) is 0 Å². The summed E-state index contributed by atoms with van der Waals surface area (Å²) in [7, 11) is 3.75. The molecule has 0 saturated heterocycles. The van der Waals surface area contributed by atoms with Gasteiger partial charge in [-0.15, -0.1) is 0 Å². The molecular weight excluding hydrogens is 400 g/mol. The standard InChI is InChI=1S/C26H34N4O2/c1-29(20-23-8-6-12-26(18-23)31-2)22-32-17-15-27-14-16-30(25-10-4-3-5-11-25)21-24-9-7-13-28-19-24/h3-13,18-19,27H,14-17,20-22H2,1-2H3. The fourth-order valence-corrected chi connectivity index (χ4v) is 3.48. The predicted octanol–water partition coefficient (Wildman–Crippen LogP) is 3.79. The smallest absolute Gasteiger partial charge is 0.119 e. The number of aromatic nitrogens is 1. The van der Waals surface area contributed by atoms with Crippen LogP contribution in [0, 0.1) is 0 Å². The highest BCUT2D eigenvalue weighted by molar-refractivity contribution is 5.46. The van der Waals surface area contributed by atoms with Crippen molar-refractivity contribution in [2.75, 3.05) is 52.0 Å². The van der Waals surface area contributed by atoms with Crippen molar-refractivity contribution in [3.63, 3.8) is 0 Å². The fraction of sp³-hybridized carbons (Fsp3) is 0.346. The Morgan fingerprint density at radius 2 is 1.75 bits per heavy atom. The highest BCUT2D eigenvalue weighted by atomic mass is 16.5. The van der Waals surface area contributed by atoms with Crippen LogP contribution in [0.3, 0.4) is 0 Å². The zero-order chi connectivity index (χ0) is 22.4. The Balaban J connectivity index is 1.34. The van der Waals surface area contributed by atoms with E-state index in [-0.39, 0.29) is 0 Å². The first kappa shape index (κ1) is 23.7. The largest absolute Gasteiger partial charge is 0.497 e. The van der Waals surface area contributed by atoms with Crippen molar-refractivity contribution >= 4 is 5.69 Å². The van der Waals surface area contributed by atoms with Gasteiger partial charge in [-0.25, -0.2) is 0 Å². The zero-order valence-corrected chi connectivity index (χ0v) is 19.1. The molecule has 3 aromatic rings. The number of benzene rings is 2. The van der Waals surface area contributed by atoms with E-state index in [1.807, 2.05) is 36.7 Å². The number of anilines is 1. The monoisotopic (exact) mass is 434 g/mol. The van der Waals surface area contributed by atoms with Crippen LogP contribution < -0.4 is 15.0 Å². The molecule has 0 amide bonds. The quantitative estimate of drug-likeness (QED) is 0.308. The molecule has 0 aliphatic carbocycles. The average molecular weight is 435 g/mol. The van der Waals surface area contributed by atoms with Crippen LogP contribution in [-0.2, 0) is 17.8 Å². The Hall–Kier alpha value is -2.93. The molecular formula is C26H34N4O2. The average Bonchev–Trinajstić information content (AvgIpc) is 2.84. The van der Waals surface area contributed by atoms with Crippen LogP contribution in [0.1, 0.15) is 11.1 Å². The molecule has 0 spiro atoms. The van der Waals surface area contributed by atoms with E-state index in [0.29, 0.717) is 13.3 Å². The Morgan fingerprint density at radius 1 is 0.906 bits per heavy atom. The summed E-state index contributed by atoms with van der Waals surface area (Å²) in [5.74, 6) is 0.883. The second kappa shape index (κ2) is 13.5. The molecule has 0 unspecified atom stereocenters. The van der Waals surface area contributed by atoms with E-state index in [4.69, 9.17) is 9.47 Å². The highest BCUT2D eigenvalue weighted by Crippen LogP contribution is 2.16. The van der Waals surface area contributed by atoms with E-state index in [0.717, 1.165) is 38.5 Å². The number of pyridine rings is 1. The van der Waals surface area contributed by atoms with Gasteiger partial charge in [0, 0.05) is 50.8 Å². The molecule has 0 atom stereocenters. The van der Waals surface area contributed by atoms with Crippen molar-refractivity contribution in [1.29, 1.82) is 0 Å². The maximum atomic E-state index is 5.82. The lowest BCUT2D eigenvalue weighted by Gasteiger charge is -2.25. The van der Waals surface area contributed by atoms with Gasteiger partial charge < -0.3 is 19.7 Å². The van der Waals surface area contributed by atoms with Crippen molar-refractivity contribution in [2.24, 2.45) is 0 Å². The number of nitrogens with zero attached hydrogens (tertiary/aromatic N) is 3. The summed E-state index contributed by atoms with van der Waals surface area (Å²) in [5, 5.41) is 3.49. The minimum atomic E-state index is 0.593. The Kier molecular flexibility index (Phi) is 9.99. The van der Waals surface area contributed by atoms with Crippen LogP contribution in [0.5, 0.6) is 5.75 Å². The summed E-state index contributed by atoms with van der Waals surface area (Å²) < 4.78 is 11.1. The van der Waals surface area contributed by atoms with Crippen molar-refractivity contribution in [2.45, 2.75) is 13.1 Å². The number of nitrogens with one attached hydrogen (secondary N) is 1. The van der Waals surface area contributed by atoms with E-state index in [1.54, 1.807) is 7.11 Å². The molecule has 6 nitrogen and oxygen atoms in total. The van der Waals surface area contributed by atoms with E-state index in [9.17, 15) is 0 Å². The molecule has 1 aromatic heterocycles. The molecule has 0 bridgehead atoms. The highest BCUT2D eigenvalue weighted by Gasteiger charge is 2.07. The van der Waals surface area contributed by atoms with Gasteiger partial charge in [0.1, 0.15) is 5.75 Å². The minimum Gasteiger partial charge on any atom is -0.497 e. The maximum absolute atomic E-state index is 5.82. The van der Waals surface area contributed by atoms with Crippen molar-refractivity contribution in [3.05, 3.63) is 90.3 Å². The van der Waals surface area contributed by atoms with Crippen molar-refractivity contribution < 1.29 is 9.47 Å². The molecule has 170 valence electrons. The number of para-hydroxylation sites is 1. The Morgan fingerprint density at radius 3 is 2.53 bits per heavy atom. The van der Waals surface area contributed by atoms with Gasteiger partial charge in [-0.3, -0.25) is 9.88 Å². The molecule has 1 N–H and O–H groups in total. The van der Waals surface area contributed by atoms with Gasteiger partial charge in [0.2, 0.25) is 0 Å². The van der Waals surface area contributed by atoms with Gasteiger partial charge >= 0.3 is 0 Å². The SMILES string of the molecule is COc1cccc(CN(C)COCCNCCN(Cc2cccnc2)c2ccccc2)c1. The Bertz CT molecular complexity index is 893. The molecule has 1 heterocycles. The number of ether oxygens (including phenoxy) is 2. The van der Waals surface area contributed by atoms with Crippen molar-refractivity contribution in [3.8, 4) is 5.75 Å². The number of methoxy groups -OCH3 is 1. The fourth-order valence-electron chi connectivity index (χ4n) is 3.48. The molecule has 0 aliphatic heterocycles. The molecule has 2 aromatic carbocycles. The lowest BCUT2D eigenvalue weighted by Crippen LogP contribution is -2.33. The minimum absolute atomic E-state index is 0.593. The number of rotatable bonds is 14. The molecule has 3 rings (SSSR count). The molecule has 6 heteroatoms. The normalized spacial score (nSPS) is 11.0. The van der Waals surface area contributed by atoms with E-state index < -0.39 is 0 Å². The van der Waals surface area contributed by atoms with Crippen LogP contribution in [0.15, 0.2) is 79.1 Å². The summed E-state index contributed by atoms with van der Waals surface area (Å²) in [6, 6.07) is 22.7. The molecule has 0 saturated carbocycles. The molecule has 0 radical (unpaired) electrons. The maximum Gasteiger partial charge on any atom is 0.119 e. The Labute approximate surface area is 191 Å². The first-order valence-corrected chi connectivity index (χ1v) is 11.0. The second-order valence-electron chi connectivity index (χ2n) is 7.77. The third kappa shape index (κ3) is 8.30. The van der Waals surface area contributed by atoms with E-state index >= 15 is 0 Å². The summed E-state index contributed by atoms with van der Waals surface area (Å²) in [5.41, 5.74) is 3.63. The summed E-state index contributed by atoms with van der Waals surface area (Å²) in [6.07, 6.45) is 3.74. The number of hydrogen-bond donors (Lipinski definition) is 1. The topological polar surface area (TPSA) is 49.9 Å². The summed E-state index contributed by atoms with van der Waals surface area (Å²) in [6.45, 7) is 5.55. The van der Waals surface area contributed by atoms with Crippen LogP contribution in [0.2, 0.25) is 0 Å². The lowest BCUT2D eigenvalue weighted by atomic mass is 10.2. The van der Waals surface area contributed by atoms with E-state index in [1.165, 1.54) is 16.8 Å². The second-order valence-corrected chi connectivity index (χ2v) is 7.77. The van der Waals surface area contributed by atoms with Crippen LogP contribution in [0.4, 0.5) is 5.69 Å². The van der Waals surface area contributed by atoms with Crippen LogP contribution >= 0.6 is 0 Å². The number of hydrogen-bond acceptors (Lipinski definition) is 6. The first-order valence-electron chi connectivity index (χ1n) is 11.0. The summed E-state index contributed by atoms with van der Waals surface area (Å²) >= 11 is 0. The molecule has 32 heavy (non-hydrogen) atoms. The van der Waals surface area contributed by atoms with Gasteiger partial charge in [0.15, 0.2) is 0 Å². The third-order valence-electron chi connectivity index (χ3n) is 5.10. The van der Waals surface area contributed by atoms with Crippen LogP contribution in [0.25, 0.3) is 0 Å². The zero-order valence-electron chi connectivity index (χ0n) is 19.1. The molecule has 0 aliphatic rings. The van der Waals surface area contributed by atoms with E-state index in [2.05, 4.69) is 69.6 Å². The van der Waals surface area contributed by atoms with Gasteiger partial charge in [0.25, 0.3) is 0 Å². The van der Waals surface area contributed by atoms with Gasteiger partial charge in [-0.05, 0) is 48.5 Å². The van der Waals surface area contributed by atoms with Crippen LogP contribution in [-0.4, -0.2) is 57.0 Å².